The van der Waals surface area contributed by atoms with E-state index in [0.717, 1.165) is 25.3 Å². The summed E-state index contributed by atoms with van der Waals surface area (Å²) in [6.45, 7) is 5.00. The number of hydrogen-bond acceptors (Lipinski definition) is 4. The molecule has 0 bridgehead atoms. The lowest BCUT2D eigenvalue weighted by Gasteiger charge is -2.27. The van der Waals surface area contributed by atoms with Gasteiger partial charge in [0.15, 0.2) is 0 Å². The maximum absolute atomic E-state index is 5.90. The van der Waals surface area contributed by atoms with Crippen molar-refractivity contribution in [3.05, 3.63) is 29.8 Å². The number of likely N-dealkylation sites (N-methyl/N-ethyl adjacent to an activating group) is 1. The second-order valence-electron chi connectivity index (χ2n) is 4.65. The van der Waals surface area contributed by atoms with Crippen LogP contribution in [0.1, 0.15) is 24.9 Å². The minimum Gasteiger partial charge on any atom is -0.494 e. The Balaban J connectivity index is 2.73. The first kappa shape index (κ1) is 16.0. The fourth-order valence-corrected chi connectivity index (χ4v) is 1.99. The van der Waals surface area contributed by atoms with Gasteiger partial charge in [-0.1, -0.05) is 19.1 Å². The van der Waals surface area contributed by atoms with Crippen molar-refractivity contribution < 1.29 is 9.47 Å². The van der Waals surface area contributed by atoms with E-state index in [-0.39, 0.29) is 6.04 Å². The highest BCUT2D eigenvalue weighted by atomic mass is 16.5. The molecule has 0 aliphatic rings. The summed E-state index contributed by atoms with van der Waals surface area (Å²) in [5, 5.41) is 0. The van der Waals surface area contributed by atoms with Crippen molar-refractivity contribution in [3.8, 4) is 5.75 Å². The number of nitrogens with two attached hydrogens (primary N) is 1. The number of benzene rings is 1. The summed E-state index contributed by atoms with van der Waals surface area (Å²) in [4.78, 5) is 2.21. The van der Waals surface area contributed by atoms with Gasteiger partial charge in [-0.15, -0.1) is 0 Å². The molecule has 0 amide bonds. The van der Waals surface area contributed by atoms with E-state index in [4.69, 9.17) is 15.2 Å². The van der Waals surface area contributed by atoms with E-state index in [1.165, 1.54) is 5.56 Å². The zero-order chi connectivity index (χ0) is 14.1. The van der Waals surface area contributed by atoms with Gasteiger partial charge in [-0.2, -0.15) is 0 Å². The monoisotopic (exact) mass is 266 g/mol. The van der Waals surface area contributed by atoms with Gasteiger partial charge in [-0.25, -0.2) is 0 Å². The average molecular weight is 266 g/mol. The van der Waals surface area contributed by atoms with Crippen LogP contribution in [0.3, 0.4) is 0 Å². The van der Waals surface area contributed by atoms with Crippen molar-refractivity contribution >= 4 is 0 Å². The van der Waals surface area contributed by atoms with E-state index >= 15 is 0 Å². The molecule has 0 aromatic heterocycles. The fraction of sp³-hybridized carbons (Fsp3) is 0.600. The molecule has 108 valence electrons. The first-order chi connectivity index (χ1) is 9.22. The van der Waals surface area contributed by atoms with Gasteiger partial charge in [0.1, 0.15) is 5.75 Å². The van der Waals surface area contributed by atoms with Crippen LogP contribution in [0.25, 0.3) is 0 Å². The highest BCUT2D eigenvalue weighted by Gasteiger charge is 2.15. The van der Waals surface area contributed by atoms with Gasteiger partial charge >= 0.3 is 0 Å². The van der Waals surface area contributed by atoms with Gasteiger partial charge in [-0.05, 0) is 31.2 Å². The SMILES string of the molecule is CCCOc1cccc(C(CN)N(C)CCOC)c1. The van der Waals surface area contributed by atoms with Crippen LogP contribution >= 0.6 is 0 Å². The quantitative estimate of drug-likeness (QED) is 0.743. The van der Waals surface area contributed by atoms with Crippen LogP contribution in [0.5, 0.6) is 5.75 Å². The summed E-state index contributed by atoms with van der Waals surface area (Å²) in [6.07, 6.45) is 1.01. The van der Waals surface area contributed by atoms with Crippen molar-refractivity contribution in [3.63, 3.8) is 0 Å². The second-order valence-corrected chi connectivity index (χ2v) is 4.65. The van der Waals surface area contributed by atoms with Gasteiger partial charge in [0.25, 0.3) is 0 Å². The molecule has 1 atom stereocenters. The predicted molar refractivity (Wildman–Crippen MR) is 78.5 cm³/mol. The molecule has 1 aromatic carbocycles. The largest absolute Gasteiger partial charge is 0.494 e. The standard InChI is InChI=1S/C15H26N2O2/c1-4-9-19-14-7-5-6-13(11-14)15(12-16)17(2)8-10-18-3/h5-7,11,15H,4,8-10,12,16H2,1-3H3. The lowest BCUT2D eigenvalue weighted by Crippen LogP contribution is -2.32. The van der Waals surface area contributed by atoms with Crippen LogP contribution in [0.2, 0.25) is 0 Å². The molecule has 0 aliphatic carbocycles. The molecule has 1 unspecified atom stereocenters. The molecule has 0 heterocycles. The van der Waals surface area contributed by atoms with Crippen molar-refractivity contribution in [2.75, 3.05) is 40.5 Å². The van der Waals surface area contributed by atoms with Crippen molar-refractivity contribution in [2.45, 2.75) is 19.4 Å². The second kappa shape index (κ2) is 8.91. The van der Waals surface area contributed by atoms with E-state index in [1.807, 2.05) is 12.1 Å². The number of hydrogen-bond donors (Lipinski definition) is 1. The summed E-state index contributed by atoms with van der Waals surface area (Å²) in [7, 11) is 3.78. The zero-order valence-corrected chi connectivity index (χ0v) is 12.3. The molecule has 4 heteroatoms. The van der Waals surface area contributed by atoms with E-state index in [9.17, 15) is 0 Å². The van der Waals surface area contributed by atoms with Crippen molar-refractivity contribution in [1.82, 2.24) is 4.90 Å². The molecule has 2 N–H and O–H groups in total. The Bertz CT molecular complexity index is 358. The summed E-state index contributed by atoms with van der Waals surface area (Å²) in [5.41, 5.74) is 7.09. The molecule has 4 nitrogen and oxygen atoms in total. The molecular weight excluding hydrogens is 240 g/mol. The molecule has 0 spiro atoms. The third-order valence-corrected chi connectivity index (χ3v) is 3.12. The van der Waals surface area contributed by atoms with Gasteiger partial charge in [-0.3, -0.25) is 4.90 Å². The Morgan fingerprint density at radius 1 is 1.32 bits per heavy atom. The summed E-state index contributed by atoms with van der Waals surface area (Å²) < 4.78 is 10.8. The normalized spacial score (nSPS) is 12.7. The van der Waals surface area contributed by atoms with Gasteiger partial charge < -0.3 is 15.2 Å². The van der Waals surface area contributed by atoms with Crippen LogP contribution in [-0.2, 0) is 4.74 Å². The molecule has 0 saturated heterocycles. The van der Waals surface area contributed by atoms with E-state index in [0.29, 0.717) is 13.2 Å². The number of ether oxygens (including phenoxy) is 2. The molecular formula is C15H26N2O2. The maximum atomic E-state index is 5.90. The van der Waals surface area contributed by atoms with E-state index in [1.54, 1.807) is 7.11 Å². The summed E-state index contributed by atoms with van der Waals surface area (Å²) >= 11 is 0. The van der Waals surface area contributed by atoms with Crippen molar-refractivity contribution in [1.29, 1.82) is 0 Å². The van der Waals surface area contributed by atoms with Crippen LogP contribution < -0.4 is 10.5 Å². The topological polar surface area (TPSA) is 47.7 Å². The summed E-state index contributed by atoms with van der Waals surface area (Å²) in [6, 6.07) is 8.38. The maximum Gasteiger partial charge on any atom is 0.119 e. The Morgan fingerprint density at radius 2 is 2.11 bits per heavy atom. The Morgan fingerprint density at radius 3 is 2.74 bits per heavy atom. The van der Waals surface area contributed by atoms with Crippen LogP contribution in [0.4, 0.5) is 0 Å². The summed E-state index contributed by atoms with van der Waals surface area (Å²) in [5.74, 6) is 0.915. The Labute approximate surface area is 116 Å². The third-order valence-electron chi connectivity index (χ3n) is 3.12. The molecule has 1 rings (SSSR count). The molecule has 1 aromatic rings. The van der Waals surface area contributed by atoms with Gasteiger partial charge in [0.05, 0.1) is 13.2 Å². The number of rotatable bonds is 9. The van der Waals surface area contributed by atoms with E-state index in [2.05, 4.69) is 31.0 Å². The van der Waals surface area contributed by atoms with Gasteiger partial charge in [0, 0.05) is 26.2 Å². The number of methoxy groups -OCH3 is 1. The predicted octanol–water partition coefficient (Wildman–Crippen LogP) is 2.05. The Kier molecular flexibility index (Phi) is 7.48. The Hall–Kier alpha value is -1.10. The minimum atomic E-state index is 0.195. The zero-order valence-electron chi connectivity index (χ0n) is 12.3. The minimum absolute atomic E-state index is 0.195. The van der Waals surface area contributed by atoms with Crippen LogP contribution in [0, 0.1) is 0 Å². The average Bonchev–Trinajstić information content (AvgIpc) is 2.44. The molecule has 0 fully saturated rings. The first-order valence-electron chi connectivity index (χ1n) is 6.85. The highest BCUT2D eigenvalue weighted by molar-refractivity contribution is 5.30. The van der Waals surface area contributed by atoms with Crippen LogP contribution in [-0.4, -0.2) is 45.4 Å². The third kappa shape index (κ3) is 5.19. The van der Waals surface area contributed by atoms with Crippen LogP contribution in [0.15, 0.2) is 24.3 Å². The van der Waals surface area contributed by atoms with Gasteiger partial charge in [0.2, 0.25) is 0 Å². The smallest absolute Gasteiger partial charge is 0.119 e. The molecule has 0 aliphatic heterocycles. The van der Waals surface area contributed by atoms with E-state index < -0.39 is 0 Å². The first-order valence-corrected chi connectivity index (χ1v) is 6.85. The lowest BCUT2D eigenvalue weighted by atomic mass is 10.1. The molecule has 0 saturated carbocycles. The molecule has 19 heavy (non-hydrogen) atoms. The van der Waals surface area contributed by atoms with Crippen molar-refractivity contribution in [2.24, 2.45) is 5.73 Å². The lowest BCUT2D eigenvalue weighted by molar-refractivity contribution is 0.140. The number of nitrogens with zero attached hydrogens (tertiary/aromatic N) is 1. The molecule has 0 radical (unpaired) electrons. The highest BCUT2D eigenvalue weighted by Crippen LogP contribution is 2.22. The fourth-order valence-electron chi connectivity index (χ4n) is 1.99.